The lowest BCUT2D eigenvalue weighted by molar-refractivity contribution is 0.176. The summed E-state index contributed by atoms with van der Waals surface area (Å²) in [5.41, 5.74) is 0.637. The Balaban J connectivity index is 2.27. The first-order valence-electron chi connectivity index (χ1n) is 5.95. The fourth-order valence-corrected chi connectivity index (χ4v) is 2.41. The van der Waals surface area contributed by atoms with E-state index in [-0.39, 0.29) is 0 Å². The average molecular weight is 231 g/mol. The summed E-state index contributed by atoms with van der Waals surface area (Å²) in [7, 11) is 1.69. The SMILES string of the molecule is COCCCC1(C#N)CCOc2ccccc21. The van der Waals surface area contributed by atoms with Crippen molar-refractivity contribution in [2.75, 3.05) is 20.3 Å². The van der Waals surface area contributed by atoms with E-state index in [1.54, 1.807) is 7.11 Å². The summed E-state index contributed by atoms with van der Waals surface area (Å²) in [5.74, 6) is 0.859. The van der Waals surface area contributed by atoms with Crippen LogP contribution in [0.25, 0.3) is 0 Å². The Morgan fingerprint density at radius 1 is 1.47 bits per heavy atom. The number of para-hydroxylation sites is 1. The second-order valence-corrected chi connectivity index (χ2v) is 4.38. The van der Waals surface area contributed by atoms with Crippen LogP contribution >= 0.6 is 0 Å². The van der Waals surface area contributed by atoms with E-state index < -0.39 is 5.41 Å². The lowest BCUT2D eigenvalue weighted by Gasteiger charge is -2.33. The second-order valence-electron chi connectivity index (χ2n) is 4.38. The number of methoxy groups -OCH3 is 1. The van der Waals surface area contributed by atoms with Gasteiger partial charge in [-0.05, 0) is 18.9 Å². The third-order valence-electron chi connectivity index (χ3n) is 3.36. The Kier molecular flexibility index (Phi) is 3.65. The number of hydrogen-bond donors (Lipinski definition) is 0. The highest BCUT2D eigenvalue weighted by Gasteiger charge is 2.37. The fourth-order valence-electron chi connectivity index (χ4n) is 2.41. The normalized spacial score (nSPS) is 22.4. The molecule has 0 bridgehead atoms. The molecule has 17 heavy (non-hydrogen) atoms. The van der Waals surface area contributed by atoms with Gasteiger partial charge in [-0.25, -0.2) is 0 Å². The van der Waals surface area contributed by atoms with E-state index >= 15 is 0 Å². The topological polar surface area (TPSA) is 42.2 Å². The van der Waals surface area contributed by atoms with Crippen molar-refractivity contribution in [3.63, 3.8) is 0 Å². The van der Waals surface area contributed by atoms with Crippen LogP contribution < -0.4 is 4.74 Å². The molecule has 1 aliphatic rings. The number of hydrogen-bond acceptors (Lipinski definition) is 3. The zero-order valence-corrected chi connectivity index (χ0v) is 10.1. The Labute approximate surface area is 102 Å². The molecule has 1 aromatic rings. The van der Waals surface area contributed by atoms with Crippen molar-refractivity contribution in [1.29, 1.82) is 5.26 Å². The number of fused-ring (bicyclic) bond motifs is 1. The van der Waals surface area contributed by atoms with E-state index in [4.69, 9.17) is 9.47 Å². The molecule has 0 radical (unpaired) electrons. The van der Waals surface area contributed by atoms with Gasteiger partial charge in [-0.1, -0.05) is 18.2 Å². The van der Waals surface area contributed by atoms with Gasteiger partial charge in [-0.3, -0.25) is 0 Å². The highest BCUT2D eigenvalue weighted by Crippen LogP contribution is 2.41. The molecule has 0 fully saturated rings. The Hall–Kier alpha value is -1.53. The van der Waals surface area contributed by atoms with Gasteiger partial charge in [0.05, 0.1) is 18.1 Å². The third kappa shape index (κ3) is 2.27. The summed E-state index contributed by atoms with van der Waals surface area (Å²) < 4.78 is 10.7. The third-order valence-corrected chi connectivity index (χ3v) is 3.36. The van der Waals surface area contributed by atoms with Crippen LogP contribution in [0, 0.1) is 11.3 Å². The lowest BCUT2D eigenvalue weighted by atomic mass is 9.74. The van der Waals surface area contributed by atoms with Gasteiger partial charge in [0.15, 0.2) is 0 Å². The van der Waals surface area contributed by atoms with Crippen LogP contribution in [0.5, 0.6) is 5.75 Å². The summed E-state index contributed by atoms with van der Waals surface area (Å²) >= 11 is 0. The molecule has 90 valence electrons. The summed E-state index contributed by atoms with van der Waals surface area (Å²) in [6.07, 6.45) is 2.50. The van der Waals surface area contributed by atoms with Crippen molar-refractivity contribution in [2.24, 2.45) is 0 Å². The van der Waals surface area contributed by atoms with E-state index in [0.29, 0.717) is 13.2 Å². The maximum Gasteiger partial charge on any atom is 0.124 e. The molecule has 1 unspecified atom stereocenters. The lowest BCUT2D eigenvalue weighted by Crippen LogP contribution is -2.31. The van der Waals surface area contributed by atoms with Crippen molar-refractivity contribution in [2.45, 2.75) is 24.7 Å². The van der Waals surface area contributed by atoms with Crippen LogP contribution in [0.1, 0.15) is 24.8 Å². The molecule has 0 N–H and O–H groups in total. The van der Waals surface area contributed by atoms with Gasteiger partial charge in [0.2, 0.25) is 0 Å². The zero-order valence-electron chi connectivity index (χ0n) is 10.1. The molecule has 0 spiro atoms. The molecule has 0 aromatic heterocycles. The van der Waals surface area contributed by atoms with Crippen molar-refractivity contribution >= 4 is 0 Å². The molecule has 3 heteroatoms. The Morgan fingerprint density at radius 2 is 2.29 bits per heavy atom. The monoisotopic (exact) mass is 231 g/mol. The average Bonchev–Trinajstić information content (AvgIpc) is 2.39. The van der Waals surface area contributed by atoms with Crippen molar-refractivity contribution in [3.05, 3.63) is 29.8 Å². The molecule has 2 rings (SSSR count). The maximum atomic E-state index is 9.54. The van der Waals surface area contributed by atoms with Gasteiger partial charge < -0.3 is 9.47 Å². The first-order chi connectivity index (χ1) is 8.32. The second kappa shape index (κ2) is 5.20. The minimum Gasteiger partial charge on any atom is -0.493 e. The first-order valence-corrected chi connectivity index (χ1v) is 5.95. The van der Waals surface area contributed by atoms with Crippen LogP contribution in [-0.2, 0) is 10.2 Å². The van der Waals surface area contributed by atoms with E-state index in [1.165, 1.54) is 0 Å². The van der Waals surface area contributed by atoms with Gasteiger partial charge in [-0.2, -0.15) is 5.26 Å². The minimum absolute atomic E-state index is 0.395. The number of rotatable bonds is 4. The standard InChI is InChI=1S/C14H17NO2/c1-16-9-4-7-14(11-15)8-10-17-13-6-3-2-5-12(13)14/h2-3,5-6H,4,7-10H2,1H3. The summed E-state index contributed by atoms with van der Waals surface area (Å²) in [6, 6.07) is 10.4. The fraction of sp³-hybridized carbons (Fsp3) is 0.500. The number of nitriles is 1. The van der Waals surface area contributed by atoms with Gasteiger partial charge in [0.1, 0.15) is 5.75 Å². The molecular weight excluding hydrogens is 214 g/mol. The number of benzene rings is 1. The summed E-state index contributed by atoms with van der Waals surface area (Å²) in [4.78, 5) is 0. The van der Waals surface area contributed by atoms with Crippen molar-refractivity contribution in [1.82, 2.24) is 0 Å². The molecule has 0 saturated carbocycles. The van der Waals surface area contributed by atoms with Crippen LogP contribution in [-0.4, -0.2) is 20.3 Å². The van der Waals surface area contributed by atoms with Crippen molar-refractivity contribution in [3.8, 4) is 11.8 Å². The molecule has 0 aliphatic carbocycles. The zero-order chi connectivity index (χ0) is 12.1. The van der Waals surface area contributed by atoms with Gasteiger partial charge in [0, 0.05) is 25.7 Å². The van der Waals surface area contributed by atoms with E-state index in [2.05, 4.69) is 6.07 Å². The minimum atomic E-state index is -0.395. The maximum absolute atomic E-state index is 9.54. The molecular formula is C14H17NO2. The van der Waals surface area contributed by atoms with Crippen LogP contribution in [0.2, 0.25) is 0 Å². The first kappa shape index (κ1) is 11.9. The van der Waals surface area contributed by atoms with Crippen LogP contribution in [0.4, 0.5) is 0 Å². The van der Waals surface area contributed by atoms with Gasteiger partial charge >= 0.3 is 0 Å². The molecule has 1 atom stereocenters. The predicted octanol–water partition coefficient (Wildman–Crippen LogP) is 2.66. The van der Waals surface area contributed by atoms with Gasteiger partial charge in [0.25, 0.3) is 0 Å². The number of ether oxygens (including phenoxy) is 2. The van der Waals surface area contributed by atoms with Gasteiger partial charge in [-0.15, -0.1) is 0 Å². The summed E-state index contributed by atoms with van der Waals surface area (Å²) in [6.45, 7) is 1.32. The quantitative estimate of drug-likeness (QED) is 0.748. The van der Waals surface area contributed by atoms with Crippen LogP contribution in [0.15, 0.2) is 24.3 Å². The molecule has 0 saturated heterocycles. The highest BCUT2D eigenvalue weighted by atomic mass is 16.5. The molecule has 0 amide bonds. The Bertz CT molecular complexity index is 424. The smallest absolute Gasteiger partial charge is 0.124 e. The number of nitrogens with zero attached hydrogens (tertiary/aromatic N) is 1. The molecule has 1 aromatic carbocycles. The van der Waals surface area contributed by atoms with E-state index in [9.17, 15) is 5.26 Å². The largest absolute Gasteiger partial charge is 0.493 e. The van der Waals surface area contributed by atoms with E-state index in [0.717, 1.165) is 30.6 Å². The molecule has 3 nitrogen and oxygen atoms in total. The predicted molar refractivity (Wildman–Crippen MR) is 65.0 cm³/mol. The summed E-state index contributed by atoms with van der Waals surface area (Å²) in [5, 5.41) is 9.54. The van der Waals surface area contributed by atoms with Crippen molar-refractivity contribution < 1.29 is 9.47 Å². The molecule has 1 heterocycles. The van der Waals surface area contributed by atoms with Crippen LogP contribution in [0.3, 0.4) is 0 Å². The Morgan fingerprint density at radius 3 is 3.06 bits per heavy atom. The van der Waals surface area contributed by atoms with E-state index in [1.807, 2.05) is 24.3 Å². The highest BCUT2D eigenvalue weighted by molar-refractivity contribution is 5.45. The molecule has 1 aliphatic heterocycles.